The van der Waals surface area contributed by atoms with Gasteiger partial charge in [-0.1, -0.05) is 22.0 Å². The molecule has 1 unspecified atom stereocenters. The summed E-state index contributed by atoms with van der Waals surface area (Å²) < 4.78 is 0.893. The van der Waals surface area contributed by atoms with E-state index in [9.17, 15) is 9.59 Å². The lowest BCUT2D eigenvalue weighted by atomic mass is 9.80. The number of piperidine rings is 1. The second-order valence-corrected chi connectivity index (χ2v) is 6.54. The fraction of sp³-hybridized carbons (Fsp3) is 0.467. The van der Waals surface area contributed by atoms with Gasteiger partial charge >= 0.3 is 0 Å². The first-order valence-electron chi connectivity index (χ1n) is 6.87. The fourth-order valence-corrected chi connectivity index (χ4v) is 3.57. The molecule has 1 atom stereocenters. The Kier molecular flexibility index (Phi) is 3.42. The zero-order valence-corrected chi connectivity index (χ0v) is 12.9. The highest BCUT2D eigenvalue weighted by atomic mass is 79.9. The van der Waals surface area contributed by atoms with Crippen molar-refractivity contribution in [3.05, 3.63) is 33.8 Å². The Morgan fingerprint density at radius 2 is 1.95 bits per heavy atom. The van der Waals surface area contributed by atoms with E-state index in [1.165, 1.54) is 0 Å². The van der Waals surface area contributed by atoms with Crippen molar-refractivity contribution in [1.29, 1.82) is 0 Å². The molecule has 2 fully saturated rings. The van der Waals surface area contributed by atoms with E-state index in [-0.39, 0.29) is 11.7 Å². The van der Waals surface area contributed by atoms with Gasteiger partial charge in [0.2, 0.25) is 5.91 Å². The third-order valence-corrected chi connectivity index (χ3v) is 4.86. The number of carbonyl (C=O) groups is 2. The molecule has 2 N–H and O–H groups in total. The molecule has 0 bridgehead atoms. The van der Waals surface area contributed by atoms with Gasteiger partial charge in [0.05, 0.1) is 0 Å². The van der Waals surface area contributed by atoms with Crippen molar-refractivity contribution in [3.63, 3.8) is 0 Å². The monoisotopic (exact) mass is 336 g/mol. The molecule has 2 heterocycles. The number of amides is 1. The minimum Gasteiger partial charge on any atom is -0.343 e. The Morgan fingerprint density at radius 1 is 1.25 bits per heavy atom. The van der Waals surface area contributed by atoms with Crippen molar-refractivity contribution >= 4 is 27.6 Å². The number of Topliss-reactive ketones (excluding diaryl/α,β-unsaturated/α-hetero) is 1. The second-order valence-electron chi connectivity index (χ2n) is 5.62. The Bertz CT molecular complexity index is 579. The summed E-state index contributed by atoms with van der Waals surface area (Å²) in [5, 5.41) is 6.21. The average molecular weight is 337 g/mol. The van der Waals surface area contributed by atoms with Gasteiger partial charge in [-0.3, -0.25) is 9.59 Å². The Balaban J connectivity index is 2.00. The van der Waals surface area contributed by atoms with Crippen molar-refractivity contribution in [3.8, 4) is 0 Å². The van der Waals surface area contributed by atoms with E-state index in [2.05, 4.69) is 26.6 Å². The highest BCUT2D eigenvalue weighted by Gasteiger charge is 2.53. The first kappa shape index (κ1) is 13.8. The normalized spacial score (nSPS) is 25.0. The standard InChI is InChI=1S/C15H17BrN2O2/c1-9-2-3-10(16)8-11(9)12-13(19)15(18-14(12)20)4-6-17-7-5-15/h2-3,8,12,17H,4-7H2,1H3,(H,18,20). The van der Waals surface area contributed by atoms with Gasteiger partial charge in [0, 0.05) is 4.47 Å². The number of hydrogen-bond acceptors (Lipinski definition) is 3. The molecule has 3 rings (SSSR count). The summed E-state index contributed by atoms with van der Waals surface area (Å²) in [6.07, 6.45) is 1.36. The predicted molar refractivity (Wildman–Crippen MR) is 79.6 cm³/mol. The summed E-state index contributed by atoms with van der Waals surface area (Å²) in [5.41, 5.74) is 1.15. The van der Waals surface area contributed by atoms with Gasteiger partial charge < -0.3 is 10.6 Å². The Hall–Kier alpha value is -1.20. The molecule has 0 aliphatic carbocycles. The molecule has 0 aromatic heterocycles. The SMILES string of the molecule is Cc1ccc(Br)cc1C1C(=O)NC2(CCNCC2)C1=O. The van der Waals surface area contributed by atoms with Gasteiger partial charge in [0.15, 0.2) is 5.78 Å². The predicted octanol–water partition coefficient (Wildman–Crippen LogP) is 1.66. The number of ketones is 1. The molecular formula is C15H17BrN2O2. The maximum absolute atomic E-state index is 12.8. The summed E-state index contributed by atoms with van der Waals surface area (Å²) in [7, 11) is 0. The van der Waals surface area contributed by atoms with Crippen LogP contribution in [0.3, 0.4) is 0 Å². The van der Waals surface area contributed by atoms with E-state index in [1.807, 2.05) is 25.1 Å². The second kappa shape index (κ2) is 4.97. The van der Waals surface area contributed by atoms with Crippen LogP contribution in [-0.4, -0.2) is 30.3 Å². The minimum absolute atomic E-state index is 0.0326. The van der Waals surface area contributed by atoms with E-state index in [0.29, 0.717) is 12.8 Å². The number of aryl methyl sites for hydroxylation is 1. The molecule has 106 valence electrons. The number of carbonyl (C=O) groups excluding carboxylic acids is 2. The maximum atomic E-state index is 12.8. The lowest BCUT2D eigenvalue weighted by Gasteiger charge is -2.32. The number of hydrogen-bond donors (Lipinski definition) is 2. The Morgan fingerprint density at radius 3 is 2.65 bits per heavy atom. The van der Waals surface area contributed by atoms with E-state index in [4.69, 9.17) is 0 Å². The van der Waals surface area contributed by atoms with E-state index < -0.39 is 11.5 Å². The van der Waals surface area contributed by atoms with E-state index >= 15 is 0 Å². The summed E-state index contributed by atoms with van der Waals surface area (Å²) in [5.74, 6) is -0.783. The molecule has 1 aromatic carbocycles. The molecule has 1 spiro atoms. The number of nitrogens with one attached hydrogen (secondary N) is 2. The van der Waals surface area contributed by atoms with Crippen molar-refractivity contribution in [1.82, 2.24) is 10.6 Å². The van der Waals surface area contributed by atoms with Crippen LogP contribution >= 0.6 is 15.9 Å². The molecule has 5 heteroatoms. The zero-order chi connectivity index (χ0) is 14.3. The molecule has 1 amide bonds. The van der Waals surface area contributed by atoms with Crippen molar-refractivity contribution < 1.29 is 9.59 Å². The van der Waals surface area contributed by atoms with Gasteiger partial charge in [-0.25, -0.2) is 0 Å². The number of halogens is 1. The molecule has 20 heavy (non-hydrogen) atoms. The molecule has 0 radical (unpaired) electrons. The largest absolute Gasteiger partial charge is 0.343 e. The molecular weight excluding hydrogens is 320 g/mol. The van der Waals surface area contributed by atoms with E-state index in [1.54, 1.807) is 0 Å². The quantitative estimate of drug-likeness (QED) is 0.767. The smallest absolute Gasteiger partial charge is 0.235 e. The average Bonchev–Trinajstić information content (AvgIpc) is 2.65. The Labute approximate surface area is 126 Å². The van der Waals surface area contributed by atoms with Gasteiger partial charge in [-0.05, 0) is 56.1 Å². The fourth-order valence-electron chi connectivity index (χ4n) is 3.19. The van der Waals surface area contributed by atoms with Crippen LogP contribution in [0.1, 0.15) is 29.9 Å². The topological polar surface area (TPSA) is 58.2 Å². The molecule has 2 aliphatic heterocycles. The van der Waals surface area contributed by atoms with Crippen LogP contribution in [-0.2, 0) is 9.59 Å². The van der Waals surface area contributed by atoms with Crippen molar-refractivity contribution in [2.45, 2.75) is 31.2 Å². The summed E-state index contributed by atoms with van der Waals surface area (Å²) in [4.78, 5) is 25.2. The third-order valence-electron chi connectivity index (χ3n) is 4.37. The molecule has 2 saturated heterocycles. The van der Waals surface area contributed by atoms with Crippen LogP contribution in [0.25, 0.3) is 0 Å². The van der Waals surface area contributed by atoms with Gasteiger partial charge in [-0.15, -0.1) is 0 Å². The van der Waals surface area contributed by atoms with Crippen LogP contribution < -0.4 is 10.6 Å². The summed E-state index contributed by atoms with van der Waals surface area (Å²) >= 11 is 3.42. The highest BCUT2D eigenvalue weighted by molar-refractivity contribution is 9.10. The van der Waals surface area contributed by atoms with Crippen molar-refractivity contribution in [2.24, 2.45) is 0 Å². The third kappa shape index (κ3) is 2.09. The van der Waals surface area contributed by atoms with Crippen LogP contribution in [0.2, 0.25) is 0 Å². The van der Waals surface area contributed by atoms with Crippen LogP contribution in [0.15, 0.2) is 22.7 Å². The van der Waals surface area contributed by atoms with Crippen LogP contribution in [0.5, 0.6) is 0 Å². The first-order valence-corrected chi connectivity index (χ1v) is 7.66. The minimum atomic E-state index is -0.661. The van der Waals surface area contributed by atoms with Crippen LogP contribution in [0.4, 0.5) is 0 Å². The van der Waals surface area contributed by atoms with Gasteiger partial charge in [-0.2, -0.15) is 0 Å². The number of rotatable bonds is 1. The summed E-state index contributed by atoms with van der Waals surface area (Å²) in [6.45, 7) is 3.49. The first-order chi connectivity index (χ1) is 9.53. The number of benzene rings is 1. The molecule has 1 aromatic rings. The van der Waals surface area contributed by atoms with E-state index in [0.717, 1.165) is 28.7 Å². The molecule has 4 nitrogen and oxygen atoms in total. The maximum Gasteiger partial charge on any atom is 0.235 e. The lowest BCUT2D eigenvalue weighted by Crippen LogP contribution is -2.53. The molecule has 0 saturated carbocycles. The summed E-state index contributed by atoms with van der Waals surface area (Å²) in [6, 6.07) is 5.75. The molecule has 2 aliphatic rings. The van der Waals surface area contributed by atoms with Crippen LogP contribution in [0, 0.1) is 6.92 Å². The van der Waals surface area contributed by atoms with Crippen molar-refractivity contribution in [2.75, 3.05) is 13.1 Å². The van der Waals surface area contributed by atoms with Gasteiger partial charge in [0.25, 0.3) is 0 Å². The lowest BCUT2D eigenvalue weighted by molar-refractivity contribution is -0.125. The highest BCUT2D eigenvalue weighted by Crippen LogP contribution is 2.36. The zero-order valence-electron chi connectivity index (χ0n) is 11.3. The van der Waals surface area contributed by atoms with Gasteiger partial charge in [0.1, 0.15) is 11.5 Å².